The summed E-state index contributed by atoms with van der Waals surface area (Å²) in [6.07, 6.45) is 6.06. The van der Waals surface area contributed by atoms with Crippen molar-refractivity contribution in [3.8, 4) is 0 Å². The summed E-state index contributed by atoms with van der Waals surface area (Å²) in [6.45, 7) is 5.00. The summed E-state index contributed by atoms with van der Waals surface area (Å²) in [5, 5.41) is -0.443. The van der Waals surface area contributed by atoms with Crippen LogP contribution >= 0.6 is 0 Å². The van der Waals surface area contributed by atoms with Gasteiger partial charge in [-0.2, -0.15) is 0 Å². The van der Waals surface area contributed by atoms with Crippen LogP contribution in [0.15, 0.2) is 30.3 Å². The van der Waals surface area contributed by atoms with Crippen molar-refractivity contribution in [3.05, 3.63) is 41.5 Å². The number of aryl methyl sites for hydroxylation is 1. The lowest BCUT2D eigenvalue weighted by molar-refractivity contribution is -0.125. The van der Waals surface area contributed by atoms with Gasteiger partial charge in [-0.1, -0.05) is 43.2 Å². The molecule has 132 valence electrons. The highest BCUT2D eigenvalue weighted by Crippen LogP contribution is 2.21. The first kappa shape index (κ1) is 18.7. The van der Waals surface area contributed by atoms with Crippen molar-refractivity contribution < 1.29 is 13.2 Å². The highest BCUT2D eigenvalue weighted by atomic mass is 32.2. The third-order valence-electron chi connectivity index (χ3n) is 4.65. The molecule has 1 aliphatic heterocycles. The van der Waals surface area contributed by atoms with Crippen LogP contribution in [-0.4, -0.2) is 43.8 Å². The molecule has 0 radical (unpaired) electrons. The van der Waals surface area contributed by atoms with Crippen LogP contribution in [0.25, 0.3) is 5.57 Å². The normalized spacial score (nSPS) is 19.9. The summed E-state index contributed by atoms with van der Waals surface area (Å²) in [5.74, 6) is -0.0806. The minimum absolute atomic E-state index is 0.0806. The molecule has 1 unspecified atom stereocenters. The summed E-state index contributed by atoms with van der Waals surface area (Å²) in [6, 6.07) is 8.13. The van der Waals surface area contributed by atoms with Crippen LogP contribution in [0.5, 0.6) is 0 Å². The molecule has 0 bridgehead atoms. The zero-order chi connectivity index (χ0) is 17.7. The lowest BCUT2D eigenvalue weighted by Gasteiger charge is -2.23. The van der Waals surface area contributed by atoms with Gasteiger partial charge in [-0.05, 0) is 37.3 Å². The van der Waals surface area contributed by atoms with Crippen LogP contribution in [0.3, 0.4) is 0 Å². The van der Waals surface area contributed by atoms with Crippen LogP contribution < -0.4 is 0 Å². The van der Waals surface area contributed by atoms with E-state index in [9.17, 15) is 13.2 Å². The van der Waals surface area contributed by atoms with Gasteiger partial charge >= 0.3 is 0 Å². The Balaban J connectivity index is 2.20. The molecule has 0 aliphatic carbocycles. The minimum Gasteiger partial charge on any atom is -0.338 e. The van der Waals surface area contributed by atoms with E-state index in [0.717, 1.165) is 30.4 Å². The van der Waals surface area contributed by atoms with E-state index >= 15 is 0 Å². The predicted octanol–water partition coefficient (Wildman–Crippen LogP) is 3.21. The Morgan fingerprint density at radius 1 is 1.25 bits per heavy atom. The maximum Gasteiger partial charge on any atom is 0.246 e. The fourth-order valence-electron chi connectivity index (χ4n) is 3.05. The smallest absolute Gasteiger partial charge is 0.246 e. The molecule has 24 heavy (non-hydrogen) atoms. The average Bonchev–Trinajstić information content (AvgIpc) is 2.79. The lowest BCUT2D eigenvalue weighted by Crippen LogP contribution is -2.38. The number of hydrogen-bond acceptors (Lipinski definition) is 3. The van der Waals surface area contributed by atoms with Gasteiger partial charge in [0.25, 0.3) is 0 Å². The van der Waals surface area contributed by atoms with Crippen molar-refractivity contribution in [2.45, 2.75) is 44.8 Å². The van der Waals surface area contributed by atoms with Gasteiger partial charge in [-0.15, -0.1) is 0 Å². The predicted molar refractivity (Wildman–Crippen MR) is 98.5 cm³/mol. The molecule has 0 saturated carbocycles. The first-order chi connectivity index (χ1) is 11.3. The van der Waals surface area contributed by atoms with E-state index in [1.165, 1.54) is 11.8 Å². The van der Waals surface area contributed by atoms with Crippen molar-refractivity contribution in [2.24, 2.45) is 0 Å². The van der Waals surface area contributed by atoms with Crippen LogP contribution in [0.1, 0.15) is 43.7 Å². The number of sulfone groups is 1. The molecule has 0 spiro atoms. The van der Waals surface area contributed by atoms with Crippen LogP contribution in [0, 0.1) is 6.92 Å². The molecule has 1 aromatic carbocycles. The third-order valence-corrected chi connectivity index (χ3v) is 6.24. The maximum atomic E-state index is 12.7. The van der Waals surface area contributed by atoms with Crippen LogP contribution in [0.4, 0.5) is 0 Å². The zero-order valence-electron chi connectivity index (χ0n) is 14.8. The Hall–Kier alpha value is -1.62. The van der Waals surface area contributed by atoms with Gasteiger partial charge in [0.05, 0.1) is 5.25 Å². The number of carbonyl (C=O) groups excluding carboxylic acids is 1. The summed E-state index contributed by atoms with van der Waals surface area (Å²) in [4.78, 5) is 14.4. The molecule has 4 nitrogen and oxygen atoms in total. The third kappa shape index (κ3) is 4.94. The van der Waals surface area contributed by atoms with Gasteiger partial charge in [0.15, 0.2) is 9.84 Å². The largest absolute Gasteiger partial charge is 0.338 e. The van der Waals surface area contributed by atoms with E-state index in [2.05, 4.69) is 0 Å². The molecule has 5 heteroatoms. The molecule has 1 atom stereocenters. The van der Waals surface area contributed by atoms with E-state index in [4.69, 9.17) is 0 Å². The van der Waals surface area contributed by atoms with Gasteiger partial charge in [-0.25, -0.2) is 8.42 Å². The molecule has 1 aliphatic rings. The molecule has 0 N–H and O–H groups in total. The second-order valence-electron chi connectivity index (χ2n) is 6.62. The molecule has 1 fully saturated rings. The molecule has 1 aromatic rings. The summed E-state index contributed by atoms with van der Waals surface area (Å²) >= 11 is 0. The lowest BCUT2D eigenvalue weighted by atomic mass is 10.0. The number of hydrogen-bond donors (Lipinski definition) is 0. The van der Waals surface area contributed by atoms with Crippen molar-refractivity contribution in [1.29, 1.82) is 0 Å². The first-order valence-corrected chi connectivity index (χ1v) is 10.5. The summed E-state index contributed by atoms with van der Waals surface area (Å²) in [5.41, 5.74) is 3.22. The minimum atomic E-state index is -3.12. The topological polar surface area (TPSA) is 54.5 Å². The second-order valence-corrected chi connectivity index (χ2v) is 8.95. The van der Waals surface area contributed by atoms with Gasteiger partial charge < -0.3 is 4.90 Å². The number of carbonyl (C=O) groups is 1. The second kappa shape index (κ2) is 7.97. The molecule has 1 amide bonds. The molecule has 2 rings (SSSR count). The fraction of sp³-hybridized carbons (Fsp3) is 0.526. The Morgan fingerprint density at radius 2 is 1.92 bits per heavy atom. The Morgan fingerprint density at radius 3 is 2.50 bits per heavy atom. The van der Waals surface area contributed by atoms with E-state index in [1.54, 1.807) is 11.0 Å². The standard InChI is InChI=1S/C19H27NO3S/c1-4-16(17-10-8-15(2)9-11-17)13-19(21)20-12-6-5-7-18(14-20)24(3,22)23/h8-11,13,18H,4-7,12,14H2,1-3H3/b16-13+. The molecule has 1 heterocycles. The van der Waals surface area contributed by atoms with Crippen molar-refractivity contribution >= 4 is 21.3 Å². The molecular weight excluding hydrogens is 322 g/mol. The molecule has 0 aromatic heterocycles. The number of amides is 1. The Labute approximate surface area is 145 Å². The van der Waals surface area contributed by atoms with Crippen molar-refractivity contribution in [3.63, 3.8) is 0 Å². The van der Waals surface area contributed by atoms with E-state index in [1.807, 2.05) is 38.1 Å². The number of likely N-dealkylation sites (tertiary alicyclic amines) is 1. The molecular formula is C19H27NO3S. The Bertz CT molecular complexity index is 705. The van der Waals surface area contributed by atoms with Crippen LogP contribution in [0.2, 0.25) is 0 Å². The fourth-order valence-corrected chi connectivity index (χ4v) is 4.10. The van der Waals surface area contributed by atoms with Gasteiger partial charge in [0, 0.05) is 25.4 Å². The quantitative estimate of drug-likeness (QED) is 0.784. The van der Waals surface area contributed by atoms with Crippen molar-refractivity contribution in [2.75, 3.05) is 19.3 Å². The number of benzene rings is 1. The monoisotopic (exact) mass is 349 g/mol. The van der Waals surface area contributed by atoms with E-state index in [-0.39, 0.29) is 5.91 Å². The average molecular weight is 349 g/mol. The highest BCUT2D eigenvalue weighted by molar-refractivity contribution is 7.91. The van der Waals surface area contributed by atoms with Gasteiger partial charge in [-0.3, -0.25) is 4.79 Å². The Kier molecular flexibility index (Phi) is 6.21. The maximum absolute atomic E-state index is 12.7. The zero-order valence-corrected chi connectivity index (χ0v) is 15.6. The molecule has 1 saturated heterocycles. The SMILES string of the molecule is CC/C(=C\C(=O)N1CCCCC(S(C)(=O)=O)C1)c1ccc(C)cc1. The van der Waals surface area contributed by atoms with Gasteiger partial charge in [0.1, 0.15) is 0 Å². The summed E-state index contributed by atoms with van der Waals surface area (Å²) in [7, 11) is -3.12. The summed E-state index contributed by atoms with van der Waals surface area (Å²) < 4.78 is 23.8. The van der Waals surface area contributed by atoms with Gasteiger partial charge in [0.2, 0.25) is 5.91 Å². The van der Waals surface area contributed by atoms with Crippen molar-refractivity contribution in [1.82, 2.24) is 4.90 Å². The number of rotatable bonds is 4. The van der Waals surface area contributed by atoms with Crippen LogP contribution in [-0.2, 0) is 14.6 Å². The first-order valence-electron chi connectivity index (χ1n) is 8.56. The van der Waals surface area contributed by atoms with E-state index in [0.29, 0.717) is 19.5 Å². The number of allylic oxidation sites excluding steroid dienone is 1. The highest BCUT2D eigenvalue weighted by Gasteiger charge is 2.27. The number of nitrogens with zero attached hydrogens (tertiary/aromatic N) is 1. The van der Waals surface area contributed by atoms with E-state index < -0.39 is 15.1 Å².